The van der Waals surface area contributed by atoms with E-state index in [9.17, 15) is 4.79 Å². The summed E-state index contributed by atoms with van der Waals surface area (Å²) in [6, 6.07) is 17.6. The predicted molar refractivity (Wildman–Crippen MR) is 99.9 cm³/mol. The van der Waals surface area contributed by atoms with Crippen molar-refractivity contribution < 1.29 is 9.53 Å². The highest BCUT2D eigenvalue weighted by atomic mass is 35.5. The van der Waals surface area contributed by atoms with Gasteiger partial charge in [-0.3, -0.25) is 0 Å². The second kappa shape index (κ2) is 8.77. The summed E-state index contributed by atoms with van der Waals surface area (Å²) in [5.41, 5.74) is 1.38. The van der Waals surface area contributed by atoms with E-state index in [1.54, 1.807) is 24.3 Å². The number of ether oxygens (including phenoxy) is 1. The van der Waals surface area contributed by atoms with Crippen molar-refractivity contribution in [3.8, 4) is 5.75 Å². The van der Waals surface area contributed by atoms with Crippen molar-refractivity contribution in [1.82, 2.24) is 10.2 Å². The van der Waals surface area contributed by atoms with Crippen LogP contribution in [0.2, 0.25) is 5.02 Å². The number of carbonyl (C=O) groups excluding carboxylic acids is 1. The number of benzene rings is 2. The Balaban J connectivity index is 1.37. The van der Waals surface area contributed by atoms with E-state index in [2.05, 4.69) is 29.6 Å². The number of carbonyl (C=O) groups is 1. The number of piperidine rings is 1. The van der Waals surface area contributed by atoms with Gasteiger partial charge >= 0.3 is 6.03 Å². The number of likely N-dealkylation sites (tertiary alicyclic amines) is 1. The number of urea groups is 1. The number of nitrogens with one attached hydrogen (secondary N) is 1. The minimum absolute atomic E-state index is 0.0628. The molecular weight excluding hydrogens is 336 g/mol. The van der Waals surface area contributed by atoms with Gasteiger partial charge in [-0.25, -0.2) is 4.79 Å². The molecule has 2 aromatic rings. The second-order valence-corrected chi connectivity index (χ2v) is 6.78. The Hall–Kier alpha value is -2.20. The molecule has 0 saturated carbocycles. The van der Waals surface area contributed by atoms with Gasteiger partial charge in [-0.2, -0.15) is 0 Å². The average Bonchev–Trinajstić information content (AvgIpc) is 2.65. The number of amides is 2. The lowest BCUT2D eigenvalue weighted by molar-refractivity contribution is 0.161. The van der Waals surface area contributed by atoms with Gasteiger partial charge in [0.15, 0.2) is 6.73 Å². The van der Waals surface area contributed by atoms with Gasteiger partial charge in [0.2, 0.25) is 0 Å². The summed E-state index contributed by atoms with van der Waals surface area (Å²) in [5, 5.41) is 3.47. The Morgan fingerprint density at radius 1 is 1.08 bits per heavy atom. The highest BCUT2D eigenvalue weighted by molar-refractivity contribution is 6.30. The van der Waals surface area contributed by atoms with Gasteiger partial charge in [0.05, 0.1) is 0 Å². The first-order valence-electron chi connectivity index (χ1n) is 8.66. The molecule has 0 atom stereocenters. The lowest BCUT2D eigenvalue weighted by Gasteiger charge is -2.32. The molecule has 1 saturated heterocycles. The van der Waals surface area contributed by atoms with Gasteiger partial charge in [0.25, 0.3) is 0 Å². The molecule has 2 amide bonds. The van der Waals surface area contributed by atoms with Crippen LogP contribution in [0.3, 0.4) is 0 Å². The Labute approximate surface area is 153 Å². The largest absolute Gasteiger partial charge is 0.473 e. The molecule has 4 nitrogen and oxygen atoms in total. The molecule has 0 aromatic heterocycles. The number of hydrogen-bond acceptors (Lipinski definition) is 2. The van der Waals surface area contributed by atoms with Gasteiger partial charge in [-0.1, -0.05) is 41.9 Å². The van der Waals surface area contributed by atoms with E-state index in [-0.39, 0.29) is 12.8 Å². The third-order valence-corrected chi connectivity index (χ3v) is 4.80. The standard InChI is InChI=1S/C20H23ClN2O2/c21-18-6-8-19(9-7-18)25-15-22-20(24)23-12-10-17(11-13-23)14-16-4-2-1-3-5-16/h1-9,17H,10-15H2,(H,22,24). The summed E-state index contributed by atoms with van der Waals surface area (Å²) in [6.45, 7) is 1.75. The molecule has 0 radical (unpaired) electrons. The minimum Gasteiger partial charge on any atom is -0.473 e. The maximum Gasteiger partial charge on any atom is 0.320 e. The zero-order chi connectivity index (χ0) is 17.5. The Morgan fingerprint density at radius 2 is 1.76 bits per heavy atom. The van der Waals surface area contributed by atoms with Crippen LogP contribution >= 0.6 is 11.6 Å². The van der Waals surface area contributed by atoms with Crippen LogP contribution in [-0.4, -0.2) is 30.8 Å². The van der Waals surface area contributed by atoms with Crippen LogP contribution in [0.1, 0.15) is 18.4 Å². The molecule has 1 aliphatic heterocycles. The van der Waals surface area contributed by atoms with Crippen molar-refractivity contribution in [2.75, 3.05) is 19.8 Å². The third-order valence-electron chi connectivity index (χ3n) is 4.54. The first-order valence-corrected chi connectivity index (χ1v) is 9.03. The van der Waals surface area contributed by atoms with Crippen LogP contribution < -0.4 is 10.1 Å². The molecule has 1 aliphatic rings. The van der Waals surface area contributed by atoms with E-state index in [1.807, 2.05) is 11.0 Å². The maximum absolute atomic E-state index is 12.2. The van der Waals surface area contributed by atoms with E-state index in [1.165, 1.54) is 5.56 Å². The molecule has 1 heterocycles. The van der Waals surface area contributed by atoms with Crippen LogP contribution in [-0.2, 0) is 6.42 Å². The van der Waals surface area contributed by atoms with Gasteiger partial charge in [0.1, 0.15) is 5.75 Å². The fourth-order valence-electron chi connectivity index (χ4n) is 3.11. The van der Waals surface area contributed by atoms with Crippen LogP contribution in [0, 0.1) is 5.92 Å². The van der Waals surface area contributed by atoms with E-state index in [4.69, 9.17) is 16.3 Å². The van der Waals surface area contributed by atoms with Crippen molar-refractivity contribution in [1.29, 1.82) is 0 Å². The van der Waals surface area contributed by atoms with Crippen LogP contribution in [0.25, 0.3) is 0 Å². The summed E-state index contributed by atoms with van der Waals surface area (Å²) in [6.07, 6.45) is 3.18. The van der Waals surface area contributed by atoms with E-state index < -0.39 is 0 Å². The first-order chi connectivity index (χ1) is 12.2. The van der Waals surface area contributed by atoms with E-state index in [0.717, 1.165) is 32.4 Å². The van der Waals surface area contributed by atoms with Gasteiger partial charge in [-0.15, -0.1) is 0 Å². The number of hydrogen-bond donors (Lipinski definition) is 1. The number of nitrogens with zero attached hydrogens (tertiary/aromatic N) is 1. The third kappa shape index (κ3) is 5.40. The summed E-state index contributed by atoms with van der Waals surface area (Å²) in [4.78, 5) is 14.1. The predicted octanol–water partition coefficient (Wildman–Crippen LogP) is 4.34. The molecule has 25 heavy (non-hydrogen) atoms. The molecule has 5 heteroatoms. The molecule has 0 bridgehead atoms. The molecule has 132 valence electrons. The quantitative estimate of drug-likeness (QED) is 0.808. The molecular formula is C20H23ClN2O2. The Morgan fingerprint density at radius 3 is 2.44 bits per heavy atom. The van der Waals surface area contributed by atoms with E-state index in [0.29, 0.717) is 16.7 Å². The molecule has 0 unspecified atom stereocenters. The highest BCUT2D eigenvalue weighted by Crippen LogP contribution is 2.21. The Kier molecular flexibility index (Phi) is 6.18. The average molecular weight is 359 g/mol. The molecule has 2 aromatic carbocycles. The van der Waals surface area contributed by atoms with Crippen molar-refractivity contribution in [3.05, 3.63) is 65.2 Å². The molecule has 3 rings (SSSR count). The fourth-order valence-corrected chi connectivity index (χ4v) is 3.24. The topological polar surface area (TPSA) is 41.6 Å². The summed E-state index contributed by atoms with van der Waals surface area (Å²) < 4.78 is 5.51. The lowest BCUT2D eigenvalue weighted by Crippen LogP contribution is -2.45. The molecule has 1 fully saturated rings. The number of rotatable bonds is 5. The first kappa shape index (κ1) is 17.6. The maximum atomic E-state index is 12.2. The molecule has 0 spiro atoms. The van der Waals surface area contributed by atoms with Crippen molar-refractivity contribution in [3.63, 3.8) is 0 Å². The second-order valence-electron chi connectivity index (χ2n) is 6.34. The van der Waals surface area contributed by atoms with Gasteiger partial charge in [0, 0.05) is 18.1 Å². The fraction of sp³-hybridized carbons (Fsp3) is 0.350. The number of halogens is 1. The van der Waals surface area contributed by atoms with Gasteiger partial charge in [-0.05, 0) is 55.0 Å². The summed E-state index contributed by atoms with van der Waals surface area (Å²) in [5.74, 6) is 1.34. The van der Waals surface area contributed by atoms with Crippen molar-refractivity contribution in [2.45, 2.75) is 19.3 Å². The Bertz CT molecular complexity index is 668. The van der Waals surface area contributed by atoms with Crippen LogP contribution in [0.4, 0.5) is 4.79 Å². The summed E-state index contributed by atoms with van der Waals surface area (Å²) in [7, 11) is 0. The van der Waals surface area contributed by atoms with E-state index >= 15 is 0 Å². The summed E-state index contributed by atoms with van der Waals surface area (Å²) >= 11 is 5.83. The van der Waals surface area contributed by atoms with Crippen molar-refractivity contribution in [2.24, 2.45) is 5.92 Å². The van der Waals surface area contributed by atoms with Crippen molar-refractivity contribution >= 4 is 17.6 Å². The zero-order valence-corrected chi connectivity index (χ0v) is 14.9. The van der Waals surface area contributed by atoms with Crippen LogP contribution in [0.5, 0.6) is 5.75 Å². The van der Waals surface area contributed by atoms with Gasteiger partial charge < -0.3 is 15.0 Å². The normalized spacial score (nSPS) is 15.0. The van der Waals surface area contributed by atoms with Crippen LogP contribution in [0.15, 0.2) is 54.6 Å². The lowest BCUT2D eigenvalue weighted by atomic mass is 9.90. The molecule has 0 aliphatic carbocycles. The highest BCUT2D eigenvalue weighted by Gasteiger charge is 2.22. The smallest absolute Gasteiger partial charge is 0.320 e. The molecule has 1 N–H and O–H groups in total. The SMILES string of the molecule is O=C(NCOc1ccc(Cl)cc1)N1CCC(Cc2ccccc2)CC1. The monoisotopic (exact) mass is 358 g/mol. The minimum atomic E-state index is -0.0628. The zero-order valence-electron chi connectivity index (χ0n) is 14.2.